The molecular formula is C14H9BrClN3O. The number of halogens is 2. The number of H-pyrrole nitrogens is 1. The highest BCUT2D eigenvalue weighted by Crippen LogP contribution is 2.25. The molecule has 0 saturated heterocycles. The first-order valence-corrected chi connectivity index (χ1v) is 7.01. The van der Waals surface area contributed by atoms with E-state index in [0.717, 1.165) is 10.9 Å². The molecule has 0 radical (unpaired) electrons. The molecule has 0 atom stereocenters. The molecule has 0 aliphatic heterocycles. The summed E-state index contributed by atoms with van der Waals surface area (Å²) < 4.78 is 0.693. The molecule has 0 spiro atoms. The number of nitrogens with one attached hydrogen (secondary N) is 2. The molecule has 100 valence electrons. The highest BCUT2D eigenvalue weighted by atomic mass is 79.9. The molecule has 1 heterocycles. The Morgan fingerprint density at radius 3 is 3.00 bits per heavy atom. The van der Waals surface area contributed by atoms with Crippen LogP contribution < -0.4 is 5.32 Å². The number of anilines is 1. The number of hydrogen-bond acceptors (Lipinski definition) is 2. The molecule has 1 amide bonds. The van der Waals surface area contributed by atoms with Crippen molar-refractivity contribution in [1.82, 2.24) is 10.2 Å². The Balaban J connectivity index is 1.96. The lowest BCUT2D eigenvalue weighted by Crippen LogP contribution is -2.12. The minimum Gasteiger partial charge on any atom is -0.321 e. The highest BCUT2D eigenvalue weighted by Gasteiger charge is 2.12. The molecule has 6 heteroatoms. The number of hydrogen-bond donors (Lipinski definition) is 2. The van der Waals surface area contributed by atoms with E-state index in [2.05, 4.69) is 31.4 Å². The van der Waals surface area contributed by atoms with Crippen LogP contribution in [-0.4, -0.2) is 16.1 Å². The van der Waals surface area contributed by atoms with Gasteiger partial charge in [0.25, 0.3) is 5.91 Å². The van der Waals surface area contributed by atoms with Gasteiger partial charge in [-0.15, -0.1) is 0 Å². The summed E-state index contributed by atoms with van der Waals surface area (Å²) >= 11 is 9.27. The first-order chi connectivity index (χ1) is 9.65. The number of fused-ring (bicyclic) bond motifs is 1. The fraction of sp³-hybridized carbons (Fsp3) is 0. The number of benzene rings is 2. The van der Waals surface area contributed by atoms with E-state index in [-0.39, 0.29) is 5.91 Å². The predicted octanol–water partition coefficient (Wildman–Crippen LogP) is 4.23. The van der Waals surface area contributed by atoms with Gasteiger partial charge in [0.1, 0.15) is 0 Å². The van der Waals surface area contributed by atoms with Crippen LogP contribution in [0, 0.1) is 0 Å². The van der Waals surface area contributed by atoms with Crippen molar-refractivity contribution in [2.45, 2.75) is 0 Å². The number of nitrogens with zero attached hydrogens (tertiary/aromatic N) is 1. The van der Waals surface area contributed by atoms with Gasteiger partial charge in [-0.05, 0) is 46.3 Å². The summed E-state index contributed by atoms with van der Waals surface area (Å²) in [5.41, 5.74) is 2.05. The predicted molar refractivity (Wildman–Crippen MR) is 83.2 cm³/mol. The van der Waals surface area contributed by atoms with Crippen molar-refractivity contribution in [2.75, 3.05) is 5.32 Å². The quantitative estimate of drug-likeness (QED) is 0.726. The Hall–Kier alpha value is -1.85. The van der Waals surface area contributed by atoms with E-state index < -0.39 is 0 Å². The normalized spacial score (nSPS) is 10.7. The molecule has 2 N–H and O–H groups in total. The first-order valence-electron chi connectivity index (χ1n) is 5.83. The summed E-state index contributed by atoms with van der Waals surface area (Å²) in [7, 11) is 0. The van der Waals surface area contributed by atoms with Crippen LogP contribution in [0.3, 0.4) is 0 Å². The highest BCUT2D eigenvalue weighted by molar-refractivity contribution is 9.10. The maximum absolute atomic E-state index is 12.3. The Bertz CT molecular complexity index is 800. The molecule has 20 heavy (non-hydrogen) atoms. The van der Waals surface area contributed by atoms with Crippen molar-refractivity contribution < 1.29 is 4.79 Å². The largest absolute Gasteiger partial charge is 0.321 e. The number of rotatable bonds is 2. The van der Waals surface area contributed by atoms with Gasteiger partial charge >= 0.3 is 0 Å². The number of amides is 1. The van der Waals surface area contributed by atoms with E-state index in [1.165, 1.54) is 0 Å². The van der Waals surface area contributed by atoms with E-state index >= 15 is 0 Å². The van der Waals surface area contributed by atoms with Gasteiger partial charge in [-0.3, -0.25) is 9.89 Å². The summed E-state index contributed by atoms with van der Waals surface area (Å²) in [4.78, 5) is 12.3. The molecule has 0 aliphatic carbocycles. The number of aromatic nitrogens is 2. The Kier molecular flexibility index (Phi) is 3.46. The maximum Gasteiger partial charge on any atom is 0.256 e. The third-order valence-corrected chi connectivity index (χ3v) is 3.83. The minimum atomic E-state index is -0.229. The smallest absolute Gasteiger partial charge is 0.256 e. The fourth-order valence-electron chi connectivity index (χ4n) is 1.94. The summed E-state index contributed by atoms with van der Waals surface area (Å²) in [5.74, 6) is -0.229. The van der Waals surface area contributed by atoms with Crippen molar-refractivity contribution in [2.24, 2.45) is 0 Å². The summed E-state index contributed by atoms with van der Waals surface area (Å²) in [6.07, 6.45) is 1.68. The number of carbonyl (C=O) groups is 1. The molecule has 3 rings (SSSR count). The summed E-state index contributed by atoms with van der Waals surface area (Å²) in [6.45, 7) is 0. The second-order valence-corrected chi connectivity index (χ2v) is 5.51. The molecule has 0 bridgehead atoms. The van der Waals surface area contributed by atoms with Crippen molar-refractivity contribution in [3.63, 3.8) is 0 Å². The third kappa shape index (κ3) is 2.42. The zero-order chi connectivity index (χ0) is 14.1. The van der Waals surface area contributed by atoms with Crippen LogP contribution in [0.4, 0.5) is 5.69 Å². The fourth-order valence-corrected chi connectivity index (χ4v) is 2.54. The lowest BCUT2D eigenvalue weighted by Gasteiger charge is -2.08. The molecule has 4 nitrogen and oxygen atoms in total. The second kappa shape index (κ2) is 5.26. The van der Waals surface area contributed by atoms with Crippen molar-refractivity contribution in [1.29, 1.82) is 0 Å². The monoisotopic (exact) mass is 349 g/mol. The van der Waals surface area contributed by atoms with E-state index in [1.807, 2.05) is 18.2 Å². The van der Waals surface area contributed by atoms with Gasteiger partial charge in [0.15, 0.2) is 0 Å². The van der Waals surface area contributed by atoms with Crippen LogP contribution in [0.15, 0.2) is 47.1 Å². The molecule has 0 aliphatic rings. The van der Waals surface area contributed by atoms with Gasteiger partial charge in [0.2, 0.25) is 0 Å². The Morgan fingerprint density at radius 2 is 2.15 bits per heavy atom. The first kappa shape index (κ1) is 13.1. The van der Waals surface area contributed by atoms with Crippen LogP contribution in [-0.2, 0) is 0 Å². The van der Waals surface area contributed by atoms with Crippen molar-refractivity contribution >= 4 is 50.0 Å². The molecule has 2 aromatic carbocycles. The van der Waals surface area contributed by atoms with Gasteiger partial charge in [0, 0.05) is 14.9 Å². The summed E-state index contributed by atoms with van der Waals surface area (Å²) in [6, 6.07) is 10.7. The van der Waals surface area contributed by atoms with Crippen molar-refractivity contribution in [3.8, 4) is 0 Å². The van der Waals surface area contributed by atoms with Crippen LogP contribution >= 0.6 is 27.5 Å². The van der Waals surface area contributed by atoms with Crippen LogP contribution in [0.25, 0.3) is 10.9 Å². The zero-order valence-electron chi connectivity index (χ0n) is 10.2. The average Bonchev–Trinajstić information content (AvgIpc) is 2.91. The van der Waals surface area contributed by atoms with Gasteiger partial charge in [0.05, 0.1) is 23.0 Å². The van der Waals surface area contributed by atoms with E-state index in [4.69, 9.17) is 11.6 Å². The van der Waals surface area contributed by atoms with Gasteiger partial charge in [-0.1, -0.05) is 17.7 Å². The molecule has 3 aromatic rings. The van der Waals surface area contributed by atoms with Crippen molar-refractivity contribution in [3.05, 3.63) is 57.7 Å². The standard InChI is InChI=1S/C14H9BrClN3O/c15-11-5-4-8(16)6-9(11)14(20)18-12-2-1-3-13-10(12)7-17-19-13/h1-7H,(H,17,19)(H,18,20). The minimum absolute atomic E-state index is 0.229. The molecule has 0 unspecified atom stereocenters. The maximum atomic E-state index is 12.3. The van der Waals surface area contributed by atoms with Crippen LogP contribution in [0.2, 0.25) is 5.02 Å². The Labute approximate surface area is 128 Å². The number of aromatic amines is 1. The summed E-state index contributed by atoms with van der Waals surface area (Å²) in [5, 5.41) is 11.1. The zero-order valence-corrected chi connectivity index (χ0v) is 12.5. The third-order valence-electron chi connectivity index (χ3n) is 2.91. The molecule has 0 saturated carbocycles. The van der Waals surface area contributed by atoms with E-state index in [0.29, 0.717) is 20.7 Å². The topological polar surface area (TPSA) is 57.8 Å². The molecule has 1 aromatic heterocycles. The molecule has 0 fully saturated rings. The number of carbonyl (C=O) groups excluding carboxylic acids is 1. The van der Waals surface area contributed by atoms with Gasteiger partial charge < -0.3 is 5.32 Å². The Morgan fingerprint density at radius 1 is 1.30 bits per heavy atom. The molecular weight excluding hydrogens is 342 g/mol. The average molecular weight is 351 g/mol. The second-order valence-electron chi connectivity index (χ2n) is 4.22. The SMILES string of the molecule is O=C(Nc1cccc2[nH]ncc12)c1cc(Cl)ccc1Br. The van der Waals surface area contributed by atoms with Gasteiger partial charge in [-0.2, -0.15) is 5.10 Å². The van der Waals surface area contributed by atoms with E-state index in [9.17, 15) is 4.79 Å². The lowest BCUT2D eigenvalue weighted by molar-refractivity contribution is 0.102. The van der Waals surface area contributed by atoms with Crippen LogP contribution in [0.5, 0.6) is 0 Å². The van der Waals surface area contributed by atoms with E-state index in [1.54, 1.807) is 24.4 Å². The van der Waals surface area contributed by atoms with Crippen LogP contribution in [0.1, 0.15) is 10.4 Å². The lowest BCUT2D eigenvalue weighted by atomic mass is 10.2. The van der Waals surface area contributed by atoms with Gasteiger partial charge in [-0.25, -0.2) is 0 Å².